The minimum atomic E-state index is 0.207. The minimum Gasteiger partial charge on any atom is -0.472 e. The molecule has 0 aliphatic rings. The third-order valence-corrected chi connectivity index (χ3v) is 2.30. The minimum absolute atomic E-state index is 0.207. The maximum atomic E-state index is 5.04. The SMILES string of the molecule is Cc1cccc(NC(C)c2ccoc2)n1. The van der Waals surface area contributed by atoms with Crippen molar-refractivity contribution in [1.29, 1.82) is 0 Å². The lowest BCUT2D eigenvalue weighted by Gasteiger charge is -2.12. The van der Waals surface area contributed by atoms with E-state index >= 15 is 0 Å². The van der Waals surface area contributed by atoms with Gasteiger partial charge in [-0.1, -0.05) is 6.07 Å². The standard InChI is InChI=1S/C12H14N2O/c1-9-4-3-5-12(13-9)14-10(2)11-6-7-15-8-11/h3-8,10H,1-2H3,(H,13,14). The largest absolute Gasteiger partial charge is 0.472 e. The van der Waals surface area contributed by atoms with E-state index < -0.39 is 0 Å². The number of nitrogens with one attached hydrogen (secondary N) is 1. The van der Waals surface area contributed by atoms with Gasteiger partial charge in [-0.2, -0.15) is 0 Å². The van der Waals surface area contributed by atoms with E-state index in [4.69, 9.17) is 4.42 Å². The Kier molecular flexibility index (Phi) is 2.72. The molecule has 0 bridgehead atoms. The Hall–Kier alpha value is -1.77. The molecule has 0 aliphatic heterocycles. The van der Waals surface area contributed by atoms with Gasteiger partial charge in [0.15, 0.2) is 0 Å². The molecular formula is C12H14N2O. The Bertz CT molecular complexity index is 423. The van der Waals surface area contributed by atoms with Crippen molar-refractivity contribution in [1.82, 2.24) is 4.98 Å². The maximum Gasteiger partial charge on any atom is 0.126 e. The first-order valence-electron chi connectivity index (χ1n) is 4.98. The van der Waals surface area contributed by atoms with E-state index in [1.54, 1.807) is 12.5 Å². The first-order chi connectivity index (χ1) is 7.25. The summed E-state index contributed by atoms with van der Waals surface area (Å²) in [7, 11) is 0. The molecule has 0 amide bonds. The normalized spacial score (nSPS) is 12.4. The van der Waals surface area contributed by atoms with E-state index in [0.717, 1.165) is 17.1 Å². The van der Waals surface area contributed by atoms with E-state index in [2.05, 4.69) is 17.2 Å². The van der Waals surface area contributed by atoms with Crippen LogP contribution in [0.15, 0.2) is 41.2 Å². The second-order valence-electron chi connectivity index (χ2n) is 3.59. The molecule has 2 aromatic heterocycles. The van der Waals surface area contributed by atoms with Crippen LogP contribution in [0.25, 0.3) is 0 Å². The summed E-state index contributed by atoms with van der Waals surface area (Å²) in [4.78, 5) is 4.38. The first kappa shape index (κ1) is 9.77. The molecule has 0 saturated heterocycles. The highest BCUT2D eigenvalue weighted by molar-refractivity contribution is 5.38. The molecule has 15 heavy (non-hydrogen) atoms. The van der Waals surface area contributed by atoms with Crippen LogP contribution in [0.5, 0.6) is 0 Å². The monoisotopic (exact) mass is 202 g/mol. The molecule has 0 aliphatic carbocycles. The third-order valence-electron chi connectivity index (χ3n) is 2.30. The first-order valence-corrected chi connectivity index (χ1v) is 4.98. The van der Waals surface area contributed by atoms with Crippen LogP contribution in [0.1, 0.15) is 24.2 Å². The fourth-order valence-electron chi connectivity index (χ4n) is 1.45. The van der Waals surface area contributed by atoms with Crippen LogP contribution in [0.3, 0.4) is 0 Å². The molecule has 78 valence electrons. The fourth-order valence-corrected chi connectivity index (χ4v) is 1.45. The number of aromatic nitrogens is 1. The highest BCUT2D eigenvalue weighted by Crippen LogP contribution is 2.17. The zero-order valence-corrected chi connectivity index (χ0v) is 8.90. The second kappa shape index (κ2) is 4.17. The number of hydrogen-bond acceptors (Lipinski definition) is 3. The van der Waals surface area contributed by atoms with Crippen molar-refractivity contribution in [3.8, 4) is 0 Å². The Morgan fingerprint density at radius 1 is 1.33 bits per heavy atom. The number of nitrogens with zero attached hydrogens (tertiary/aromatic N) is 1. The highest BCUT2D eigenvalue weighted by Gasteiger charge is 2.06. The maximum absolute atomic E-state index is 5.04. The molecule has 1 unspecified atom stereocenters. The van der Waals surface area contributed by atoms with Gasteiger partial charge >= 0.3 is 0 Å². The lowest BCUT2D eigenvalue weighted by atomic mass is 10.2. The molecule has 0 fully saturated rings. The second-order valence-corrected chi connectivity index (χ2v) is 3.59. The van der Waals surface area contributed by atoms with E-state index in [9.17, 15) is 0 Å². The zero-order valence-electron chi connectivity index (χ0n) is 8.90. The Morgan fingerprint density at radius 2 is 2.20 bits per heavy atom. The smallest absolute Gasteiger partial charge is 0.126 e. The van der Waals surface area contributed by atoms with Crippen LogP contribution in [0.2, 0.25) is 0 Å². The van der Waals surface area contributed by atoms with Gasteiger partial charge < -0.3 is 9.73 Å². The van der Waals surface area contributed by atoms with Crippen molar-refractivity contribution in [2.45, 2.75) is 19.9 Å². The Morgan fingerprint density at radius 3 is 2.87 bits per heavy atom. The predicted molar refractivity (Wildman–Crippen MR) is 59.7 cm³/mol. The zero-order chi connectivity index (χ0) is 10.7. The summed E-state index contributed by atoms with van der Waals surface area (Å²) >= 11 is 0. The van der Waals surface area contributed by atoms with E-state index in [0.29, 0.717) is 0 Å². The molecule has 0 radical (unpaired) electrons. The molecule has 1 atom stereocenters. The summed E-state index contributed by atoms with van der Waals surface area (Å²) < 4.78 is 5.04. The average Bonchev–Trinajstić information content (AvgIpc) is 2.70. The van der Waals surface area contributed by atoms with Gasteiger partial charge in [0.05, 0.1) is 18.6 Å². The highest BCUT2D eigenvalue weighted by atomic mass is 16.3. The van der Waals surface area contributed by atoms with Crippen LogP contribution in [0.4, 0.5) is 5.82 Å². The van der Waals surface area contributed by atoms with Gasteiger partial charge in [0, 0.05) is 11.3 Å². The van der Waals surface area contributed by atoms with Crippen LogP contribution < -0.4 is 5.32 Å². The van der Waals surface area contributed by atoms with Gasteiger partial charge in [-0.3, -0.25) is 0 Å². The number of aryl methyl sites for hydroxylation is 1. The van der Waals surface area contributed by atoms with Crippen molar-refractivity contribution in [3.63, 3.8) is 0 Å². The molecule has 2 aromatic rings. The summed E-state index contributed by atoms with van der Waals surface area (Å²) in [5, 5.41) is 3.31. The molecule has 1 N–H and O–H groups in total. The van der Waals surface area contributed by atoms with E-state index in [1.165, 1.54) is 0 Å². The van der Waals surface area contributed by atoms with Crippen molar-refractivity contribution in [2.75, 3.05) is 5.32 Å². The predicted octanol–water partition coefficient (Wildman–Crippen LogP) is 3.16. The van der Waals surface area contributed by atoms with Crippen molar-refractivity contribution in [3.05, 3.63) is 48.0 Å². The van der Waals surface area contributed by atoms with Crippen LogP contribution in [-0.4, -0.2) is 4.98 Å². The molecular weight excluding hydrogens is 188 g/mol. The number of rotatable bonds is 3. The topological polar surface area (TPSA) is 38.1 Å². The van der Waals surface area contributed by atoms with E-state index in [-0.39, 0.29) is 6.04 Å². The number of pyridine rings is 1. The fraction of sp³-hybridized carbons (Fsp3) is 0.250. The Balaban J connectivity index is 2.09. The van der Waals surface area contributed by atoms with Gasteiger partial charge in [0.1, 0.15) is 5.82 Å². The van der Waals surface area contributed by atoms with Gasteiger partial charge in [0.2, 0.25) is 0 Å². The molecule has 0 spiro atoms. The summed E-state index contributed by atoms with van der Waals surface area (Å²) in [6.07, 6.45) is 3.42. The number of anilines is 1. The molecule has 0 saturated carbocycles. The molecule has 3 nitrogen and oxygen atoms in total. The molecule has 2 rings (SSSR count). The van der Waals surface area contributed by atoms with Crippen molar-refractivity contribution < 1.29 is 4.42 Å². The number of furan rings is 1. The van der Waals surface area contributed by atoms with Crippen molar-refractivity contribution in [2.24, 2.45) is 0 Å². The van der Waals surface area contributed by atoms with E-state index in [1.807, 2.05) is 31.2 Å². The summed E-state index contributed by atoms with van der Waals surface area (Å²) in [6.45, 7) is 4.06. The van der Waals surface area contributed by atoms with Gasteiger partial charge in [-0.25, -0.2) is 4.98 Å². The lowest BCUT2D eigenvalue weighted by Crippen LogP contribution is -2.07. The van der Waals surface area contributed by atoms with Crippen molar-refractivity contribution >= 4 is 5.82 Å². The Labute approximate surface area is 89.1 Å². The third kappa shape index (κ3) is 2.37. The summed E-state index contributed by atoms with van der Waals surface area (Å²) in [5.41, 5.74) is 2.14. The lowest BCUT2D eigenvalue weighted by molar-refractivity contribution is 0.562. The van der Waals surface area contributed by atoms with Gasteiger partial charge in [-0.05, 0) is 32.0 Å². The average molecular weight is 202 g/mol. The summed E-state index contributed by atoms with van der Waals surface area (Å²) in [6, 6.07) is 8.09. The molecule has 2 heterocycles. The van der Waals surface area contributed by atoms with Crippen LogP contribution in [0, 0.1) is 6.92 Å². The molecule has 0 aromatic carbocycles. The quantitative estimate of drug-likeness (QED) is 0.830. The van der Waals surface area contributed by atoms with Gasteiger partial charge in [-0.15, -0.1) is 0 Å². The summed E-state index contributed by atoms with van der Waals surface area (Å²) in [5.74, 6) is 0.892. The van der Waals surface area contributed by atoms with Crippen LogP contribution >= 0.6 is 0 Å². The number of hydrogen-bond donors (Lipinski definition) is 1. The van der Waals surface area contributed by atoms with Crippen LogP contribution in [-0.2, 0) is 0 Å². The molecule has 3 heteroatoms. The van der Waals surface area contributed by atoms with Gasteiger partial charge in [0.25, 0.3) is 0 Å².